The van der Waals surface area contributed by atoms with Crippen molar-refractivity contribution in [1.29, 1.82) is 0 Å². The number of nitrogens with two attached hydrogens (primary N) is 1. The molecule has 0 spiro atoms. The van der Waals surface area contributed by atoms with Gasteiger partial charge in [0.2, 0.25) is 11.8 Å². The molecule has 0 aliphatic carbocycles. The molecule has 8 rings (SSSR count). The van der Waals surface area contributed by atoms with E-state index in [2.05, 4.69) is 58.6 Å². The van der Waals surface area contributed by atoms with E-state index in [1.165, 1.54) is 41.9 Å². The molecule has 5 aromatic rings. The Morgan fingerprint density at radius 3 is 2.45 bits per heavy atom. The molecule has 56 heavy (non-hydrogen) atoms. The summed E-state index contributed by atoms with van der Waals surface area (Å²) in [6.45, 7) is 7.14. The Labute approximate surface area is 325 Å². The summed E-state index contributed by atoms with van der Waals surface area (Å²) in [5.41, 5.74) is 11.3. The summed E-state index contributed by atoms with van der Waals surface area (Å²) in [5.74, 6) is 0.529. The van der Waals surface area contributed by atoms with Crippen LogP contribution < -0.4 is 26.0 Å². The molecule has 0 radical (unpaired) electrons. The maximum atomic E-state index is 14.3. The third kappa shape index (κ3) is 8.52. The lowest BCUT2D eigenvalue weighted by Gasteiger charge is -2.36. The number of ether oxygens (including phenoxy) is 1. The first-order valence-corrected chi connectivity index (χ1v) is 19.6. The fraction of sp³-hybridized carbons (Fsp3) is 0.415. The van der Waals surface area contributed by atoms with Crippen LogP contribution in [0.1, 0.15) is 69.6 Å². The van der Waals surface area contributed by atoms with Gasteiger partial charge in [-0.25, -0.2) is 9.37 Å². The van der Waals surface area contributed by atoms with E-state index < -0.39 is 6.10 Å². The van der Waals surface area contributed by atoms with Crippen molar-refractivity contribution in [2.75, 3.05) is 48.7 Å². The molecule has 3 fully saturated rings. The number of carbonyl (C=O) groups excluding carboxylic acids is 2. The van der Waals surface area contributed by atoms with Gasteiger partial charge >= 0.3 is 0 Å². The molecular formula is C41H48FN11O3. The summed E-state index contributed by atoms with van der Waals surface area (Å²) in [5, 5.41) is 18.8. The molecule has 3 saturated heterocycles. The molecule has 1 unspecified atom stereocenters. The number of amides is 2. The van der Waals surface area contributed by atoms with E-state index >= 15 is 0 Å². The number of imide groups is 1. The Morgan fingerprint density at radius 1 is 0.929 bits per heavy atom. The van der Waals surface area contributed by atoms with Crippen LogP contribution in [0.15, 0.2) is 79.5 Å². The average Bonchev–Trinajstić information content (AvgIpc) is 3.94. The standard InChI is InChI=1S/C41H48FN11O3/c1-27(35-23-31(42)2-8-37(35)53-45-15-16-46-53)56-38-22-29(24-44-40(38)43)30-25-47-52(26-30)34-13-18-50(19-14-34)17-10-28-11-20-51(21-12-28)33-5-3-32(4-6-33)48-36-7-9-39(54)49-41(36)55/h2-6,8,15-16,22-28,34,36,48H,7,9-14,17-21H2,1H3,(H2,43,44)(H,49,54,55)/t27-,36?/m1/s1. The zero-order valence-corrected chi connectivity index (χ0v) is 31.6. The van der Waals surface area contributed by atoms with Gasteiger partial charge in [-0.05, 0) is 106 Å². The smallest absolute Gasteiger partial charge is 0.249 e. The molecular weight excluding hydrogens is 714 g/mol. The first-order valence-electron chi connectivity index (χ1n) is 19.6. The molecule has 4 N–H and O–H groups in total. The van der Waals surface area contributed by atoms with Crippen molar-refractivity contribution in [2.45, 2.75) is 70.1 Å². The van der Waals surface area contributed by atoms with Crippen molar-refractivity contribution in [2.24, 2.45) is 5.92 Å². The van der Waals surface area contributed by atoms with Crippen molar-refractivity contribution in [3.8, 4) is 22.6 Å². The summed E-state index contributed by atoms with van der Waals surface area (Å²) < 4.78 is 22.7. The quantitative estimate of drug-likeness (QED) is 0.137. The number of halogens is 1. The van der Waals surface area contributed by atoms with Crippen LogP contribution in [0.2, 0.25) is 0 Å². The number of nitrogens with zero attached hydrogens (tertiary/aromatic N) is 8. The van der Waals surface area contributed by atoms with Crippen molar-refractivity contribution >= 4 is 29.0 Å². The normalized spacial score (nSPS) is 19.2. The van der Waals surface area contributed by atoms with E-state index in [0.717, 1.165) is 68.3 Å². The lowest BCUT2D eigenvalue weighted by Crippen LogP contribution is -2.47. The highest BCUT2D eigenvalue weighted by atomic mass is 19.1. The number of anilines is 3. The lowest BCUT2D eigenvalue weighted by molar-refractivity contribution is -0.133. The fourth-order valence-corrected chi connectivity index (χ4v) is 8.07. The van der Waals surface area contributed by atoms with Gasteiger partial charge in [-0.1, -0.05) is 0 Å². The molecule has 292 valence electrons. The van der Waals surface area contributed by atoms with Crippen LogP contribution in [0.25, 0.3) is 16.8 Å². The van der Waals surface area contributed by atoms with Crippen LogP contribution in [0.4, 0.5) is 21.6 Å². The molecule has 3 aliphatic heterocycles. The SMILES string of the molecule is C[C@@H](Oc1cc(-c2cnn(C3CCN(CCC4CCN(c5ccc(NC6CCC(=O)NC6=O)cc5)CC4)CC3)c2)cnc1N)c1cc(F)ccc1-n1nccn1. The molecule has 2 aromatic carbocycles. The van der Waals surface area contributed by atoms with Crippen molar-refractivity contribution in [3.05, 3.63) is 90.9 Å². The van der Waals surface area contributed by atoms with Crippen LogP contribution in [0.3, 0.4) is 0 Å². The van der Waals surface area contributed by atoms with Gasteiger partial charge < -0.3 is 25.6 Å². The molecule has 14 nitrogen and oxygen atoms in total. The van der Waals surface area contributed by atoms with Crippen LogP contribution in [0.5, 0.6) is 5.75 Å². The van der Waals surface area contributed by atoms with Crippen molar-refractivity contribution < 1.29 is 18.7 Å². The molecule has 0 saturated carbocycles. The van der Waals surface area contributed by atoms with Crippen LogP contribution in [-0.2, 0) is 9.59 Å². The van der Waals surface area contributed by atoms with E-state index in [1.54, 1.807) is 24.7 Å². The molecule has 0 bridgehead atoms. The van der Waals surface area contributed by atoms with E-state index in [1.807, 2.05) is 31.3 Å². The maximum absolute atomic E-state index is 14.3. The Hall–Kier alpha value is -5.83. The summed E-state index contributed by atoms with van der Waals surface area (Å²) in [6.07, 6.45) is 14.8. The second-order valence-electron chi connectivity index (χ2n) is 15.1. The number of pyridine rings is 1. The Bertz CT molecular complexity index is 2120. The minimum absolute atomic E-state index is 0.204. The molecule has 3 aliphatic rings. The number of carbonyl (C=O) groups is 2. The molecule has 2 atom stereocenters. The van der Waals surface area contributed by atoms with Gasteiger partial charge in [0.05, 0.1) is 30.3 Å². The highest BCUT2D eigenvalue weighted by molar-refractivity contribution is 6.01. The minimum Gasteiger partial charge on any atom is -0.482 e. The average molecular weight is 762 g/mol. The summed E-state index contributed by atoms with van der Waals surface area (Å²) in [4.78, 5) is 34.4. The minimum atomic E-state index is -0.561. The summed E-state index contributed by atoms with van der Waals surface area (Å²) in [7, 11) is 0. The van der Waals surface area contributed by atoms with Gasteiger partial charge in [-0.15, -0.1) is 0 Å². The number of benzene rings is 2. The third-order valence-corrected chi connectivity index (χ3v) is 11.4. The zero-order valence-electron chi connectivity index (χ0n) is 31.6. The Morgan fingerprint density at radius 2 is 1.70 bits per heavy atom. The van der Waals surface area contributed by atoms with Gasteiger partial charge in [0.1, 0.15) is 18.0 Å². The van der Waals surface area contributed by atoms with Crippen LogP contribution >= 0.6 is 0 Å². The molecule has 2 amide bonds. The number of aromatic nitrogens is 6. The second-order valence-corrected chi connectivity index (χ2v) is 15.1. The van der Waals surface area contributed by atoms with Gasteiger partial charge in [0.25, 0.3) is 0 Å². The fourth-order valence-electron chi connectivity index (χ4n) is 8.07. The van der Waals surface area contributed by atoms with E-state index in [0.29, 0.717) is 35.9 Å². The number of nitrogens with one attached hydrogen (secondary N) is 2. The van der Waals surface area contributed by atoms with Gasteiger partial charge in [0.15, 0.2) is 11.6 Å². The van der Waals surface area contributed by atoms with E-state index in [4.69, 9.17) is 15.6 Å². The maximum Gasteiger partial charge on any atom is 0.249 e. The molecule has 6 heterocycles. The van der Waals surface area contributed by atoms with E-state index in [-0.39, 0.29) is 29.5 Å². The highest BCUT2D eigenvalue weighted by Gasteiger charge is 2.27. The number of likely N-dealkylation sites (tertiary alicyclic amines) is 1. The zero-order chi connectivity index (χ0) is 38.6. The Balaban J connectivity index is 0.790. The first-order chi connectivity index (χ1) is 27.3. The molecule has 3 aromatic heterocycles. The number of rotatable bonds is 12. The predicted octanol–water partition coefficient (Wildman–Crippen LogP) is 5.55. The van der Waals surface area contributed by atoms with Gasteiger partial charge in [0, 0.05) is 73.1 Å². The largest absolute Gasteiger partial charge is 0.482 e. The second kappa shape index (κ2) is 16.5. The monoisotopic (exact) mass is 761 g/mol. The van der Waals surface area contributed by atoms with E-state index in [9.17, 15) is 14.0 Å². The predicted molar refractivity (Wildman–Crippen MR) is 211 cm³/mol. The van der Waals surface area contributed by atoms with Gasteiger partial charge in [-0.3, -0.25) is 19.6 Å². The topological polar surface area (TPSA) is 161 Å². The summed E-state index contributed by atoms with van der Waals surface area (Å²) >= 11 is 0. The highest BCUT2D eigenvalue weighted by Crippen LogP contribution is 2.34. The number of hydrogen-bond donors (Lipinski definition) is 3. The third-order valence-electron chi connectivity index (χ3n) is 11.4. The number of hydrogen-bond acceptors (Lipinski definition) is 11. The number of nitrogen functional groups attached to an aromatic ring is 1. The molecule has 15 heteroatoms. The van der Waals surface area contributed by atoms with Gasteiger partial charge in [-0.2, -0.15) is 20.1 Å². The number of piperidine rings is 3. The first kappa shape index (κ1) is 37.1. The van der Waals surface area contributed by atoms with Crippen LogP contribution in [0, 0.1) is 11.7 Å². The summed E-state index contributed by atoms with van der Waals surface area (Å²) in [6, 6.07) is 14.5. The van der Waals surface area contributed by atoms with Crippen LogP contribution in [-0.4, -0.2) is 85.2 Å². The van der Waals surface area contributed by atoms with Crippen molar-refractivity contribution in [1.82, 2.24) is 40.0 Å². The lowest BCUT2D eigenvalue weighted by atomic mass is 9.92. The van der Waals surface area contributed by atoms with Crippen molar-refractivity contribution in [3.63, 3.8) is 0 Å². The Kier molecular flexibility index (Phi) is 10.9.